The van der Waals surface area contributed by atoms with E-state index in [1.165, 1.54) is 12.8 Å². The van der Waals surface area contributed by atoms with Crippen molar-refractivity contribution in [3.63, 3.8) is 0 Å². The van der Waals surface area contributed by atoms with Gasteiger partial charge in [0.25, 0.3) is 5.91 Å². The smallest absolute Gasteiger partial charge is 0.289 e. The molecule has 0 aromatic carbocycles. The maximum absolute atomic E-state index is 12.4. The van der Waals surface area contributed by atoms with Crippen LogP contribution in [0.4, 0.5) is 0 Å². The number of hydrogen-bond donors (Lipinski definition) is 0. The highest BCUT2D eigenvalue weighted by Gasteiger charge is 2.27. The number of carbonyl (C=O) groups excluding carboxylic acids is 1. The zero-order valence-corrected chi connectivity index (χ0v) is 11.1. The van der Waals surface area contributed by atoms with Gasteiger partial charge in [-0.15, -0.1) is 0 Å². The molecule has 1 aromatic heterocycles. The summed E-state index contributed by atoms with van der Waals surface area (Å²) in [6.07, 6.45) is 4.68. The van der Waals surface area contributed by atoms with E-state index in [0.717, 1.165) is 19.4 Å². The van der Waals surface area contributed by atoms with E-state index in [4.69, 9.17) is 9.15 Å². The van der Waals surface area contributed by atoms with E-state index in [1.54, 1.807) is 19.2 Å². The van der Waals surface area contributed by atoms with Crippen LogP contribution in [-0.2, 0) is 11.3 Å². The average Bonchev–Trinajstić information content (AvgIpc) is 3.01. The first-order chi connectivity index (χ1) is 8.76. The van der Waals surface area contributed by atoms with Gasteiger partial charge >= 0.3 is 0 Å². The van der Waals surface area contributed by atoms with Crippen LogP contribution < -0.4 is 0 Å². The maximum Gasteiger partial charge on any atom is 0.289 e. The molecule has 2 rings (SSSR count). The molecule has 0 N–H and O–H groups in total. The van der Waals surface area contributed by atoms with Gasteiger partial charge in [0.1, 0.15) is 12.4 Å². The molecule has 0 radical (unpaired) electrons. The van der Waals surface area contributed by atoms with Crippen molar-refractivity contribution in [2.24, 2.45) is 0 Å². The Kier molecular flexibility index (Phi) is 4.42. The fourth-order valence-corrected chi connectivity index (χ4v) is 2.64. The normalized spacial score (nSPS) is 16.1. The van der Waals surface area contributed by atoms with Crippen LogP contribution in [0.1, 0.15) is 48.9 Å². The van der Waals surface area contributed by atoms with Crippen molar-refractivity contribution in [3.8, 4) is 0 Å². The predicted octanol–water partition coefficient (Wildman–Crippen LogP) is 2.83. The van der Waals surface area contributed by atoms with E-state index in [9.17, 15) is 4.79 Å². The van der Waals surface area contributed by atoms with Crippen LogP contribution in [0.25, 0.3) is 0 Å². The summed E-state index contributed by atoms with van der Waals surface area (Å²) in [4.78, 5) is 14.3. The highest BCUT2D eigenvalue weighted by Crippen LogP contribution is 2.25. The molecule has 0 aliphatic heterocycles. The minimum atomic E-state index is 0.00625. The Hall–Kier alpha value is -1.29. The number of rotatable bonds is 5. The van der Waals surface area contributed by atoms with Gasteiger partial charge in [-0.2, -0.15) is 0 Å². The Labute approximate surface area is 108 Å². The molecule has 0 spiro atoms. The summed E-state index contributed by atoms with van der Waals surface area (Å²) in [5, 5.41) is 0. The van der Waals surface area contributed by atoms with Crippen molar-refractivity contribution in [2.45, 2.75) is 45.3 Å². The van der Waals surface area contributed by atoms with E-state index in [1.807, 2.05) is 11.8 Å². The molecule has 1 fully saturated rings. The Morgan fingerprint density at radius 3 is 2.78 bits per heavy atom. The van der Waals surface area contributed by atoms with Gasteiger partial charge in [-0.1, -0.05) is 12.8 Å². The lowest BCUT2D eigenvalue weighted by molar-refractivity contribution is 0.0653. The lowest BCUT2D eigenvalue weighted by Gasteiger charge is -2.26. The number of amides is 1. The van der Waals surface area contributed by atoms with Gasteiger partial charge in [-0.05, 0) is 31.9 Å². The zero-order valence-electron chi connectivity index (χ0n) is 11.1. The van der Waals surface area contributed by atoms with Gasteiger partial charge in [0.15, 0.2) is 5.76 Å². The summed E-state index contributed by atoms with van der Waals surface area (Å²) in [6, 6.07) is 3.94. The van der Waals surface area contributed by atoms with Gasteiger partial charge in [0.2, 0.25) is 0 Å². The van der Waals surface area contributed by atoms with E-state index in [-0.39, 0.29) is 5.91 Å². The molecule has 4 nitrogen and oxygen atoms in total. The first-order valence-corrected chi connectivity index (χ1v) is 6.65. The first kappa shape index (κ1) is 13.1. The van der Waals surface area contributed by atoms with Crippen LogP contribution in [-0.4, -0.2) is 30.5 Å². The number of carbonyl (C=O) groups is 1. The molecule has 0 unspecified atom stereocenters. The van der Waals surface area contributed by atoms with Crippen molar-refractivity contribution in [2.75, 3.05) is 13.7 Å². The average molecular weight is 251 g/mol. The monoisotopic (exact) mass is 251 g/mol. The summed E-state index contributed by atoms with van der Waals surface area (Å²) in [6.45, 7) is 3.17. The fourth-order valence-electron chi connectivity index (χ4n) is 2.64. The molecule has 100 valence electrons. The van der Waals surface area contributed by atoms with Gasteiger partial charge in [-0.3, -0.25) is 4.79 Å². The molecule has 1 heterocycles. The number of ether oxygens (including phenoxy) is 1. The highest BCUT2D eigenvalue weighted by atomic mass is 16.5. The number of hydrogen-bond acceptors (Lipinski definition) is 3. The van der Waals surface area contributed by atoms with Crippen LogP contribution in [0.3, 0.4) is 0 Å². The molecule has 4 heteroatoms. The quantitative estimate of drug-likeness (QED) is 0.808. The van der Waals surface area contributed by atoms with Crippen LogP contribution in [0.5, 0.6) is 0 Å². The van der Waals surface area contributed by atoms with Crippen molar-refractivity contribution in [1.82, 2.24) is 4.90 Å². The van der Waals surface area contributed by atoms with Crippen LogP contribution in [0.15, 0.2) is 16.5 Å². The van der Waals surface area contributed by atoms with E-state index < -0.39 is 0 Å². The van der Waals surface area contributed by atoms with E-state index in [2.05, 4.69) is 0 Å². The van der Waals surface area contributed by atoms with Crippen LogP contribution in [0, 0.1) is 0 Å². The lowest BCUT2D eigenvalue weighted by Crippen LogP contribution is -2.38. The van der Waals surface area contributed by atoms with Crippen LogP contribution >= 0.6 is 0 Å². The molecular weight excluding hydrogens is 230 g/mol. The van der Waals surface area contributed by atoms with Crippen molar-refractivity contribution >= 4 is 5.91 Å². The Balaban J connectivity index is 2.07. The standard InChI is InChI=1S/C14H21NO3/c1-3-15(11-6-4-5-7-11)14(16)13-9-8-12(18-13)10-17-2/h8-9,11H,3-7,10H2,1-2H3. The van der Waals surface area contributed by atoms with Crippen molar-refractivity contribution in [3.05, 3.63) is 23.7 Å². The van der Waals surface area contributed by atoms with Crippen molar-refractivity contribution < 1.29 is 13.9 Å². The van der Waals surface area contributed by atoms with Gasteiger partial charge in [0, 0.05) is 19.7 Å². The second kappa shape index (κ2) is 6.05. The summed E-state index contributed by atoms with van der Waals surface area (Å²) < 4.78 is 10.5. The number of furan rings is 1. The largest absolute Gasteiger partial charge is 0.453 e. The number of methoxy groups -OCH3 is 1. The summed E-state index contributed by atoms with van der Waals surface area (Å²) >= 11 is 0. The summed E-state index contributed by atoms with van der Waals surface area (Å²) in [5.41, 5.74) is 0. The maximum atomic E-state index is 12.4. The lowest BCUT2D eigenvalue weighted by atomic mass is 10.2. The predicted molar refractivity (Wildman–Crippen MR) is 68.4 cm³/mol. The SMILES string of the molecule is CCN(C(=O)c1ccc(COC)o1)C1CCCC1. The topological polar surface area (TPSA) is 42.7 Å². The van der Waals surface area contributed by atoms with E-state index in [0.29, 0.717) is 24.2 Å². The highest BCUT2D eigenvalue weighted by molar-refractivity contribution is 5.91. The Morgan fingerprint density at radius 1 is 1.44 bits per heavy atom. The van der Waals surface area contributed by atoms with Crippen molar-refractivity contribution in [1.29, 1.82) is 0 Å². The molecular formula is C14H21NO3. The number of nitrogens with zero attached hydrogens (tertiary/aromatic N) is 1. The van der Waals surface area contributed by atoms with Gasteiger partial charge < -0.3 is 14.1 Å². The third-order valence-electron chi connectivity index (χ3n) is 3.53. The second-order valence-corrected chi connectivity index (χ2v) is 4.73. The van der Waals surface area contributed by atoms with Crippen LogP contribution in [0.2, 0.25) is 0 Å². The molecule has 0 saturated heterocycles. The van der Waals surface area contributed by atoms with E-state index >= 15 is 0 Å². The first-order valence-electron chi connectivity index (χ1n) is 6.65. The summed E-state index contributed by atoms with van der Waals surface area (Å²) in [7, 11) is 1.61. The molecule has 18 heavy (non-hydrogen) atoms. The molecule has 0 atom stereocenters. The minimum absolute atomic E-state index is 0.00625. The Morgan fingerprint density at radius 2 is 2.17 bits per heavy atom. The molecule has 1 aliphatic carbocycles. The molecule has 1 saturated carbocycles. The third kappa shape index (κ3) is 2.75. The zero-order chi connectivity index (χ0) is 13.0. The van der Waals surface area contributed by atoms with Gasteiger partial charge in [-0.25, -0.2) is 0 Å². The minimum Gasteiger partial charge on any atom is -0.453 e. The van der Waals surface area contributed by atoms with Gasteiger partial charge in [0.05, 0.1) is 0 Å². The third-order valence-corrected chi connectivity index (χ3v) is 3.53. The molecule has 0 bridgehead atoms. The second-order valence-electron chi connectivity index (χ2n) is 4.73. The molecule has 1 aliphatic rings. The summed E-state index contributed by atoms with van der Waals surface area (Å²) in [5.74, 6) is 1.13. The Bertz CT molecular complexity index is 393. The molecule has 1 amide bonds. The molecule has 1 aromatic rings. The fraction of sp³-hybridized carbons (Fsp3) is 0.643.